The molecule has 0 saturated carbocycles. The lowest BCUT2D eigenvalue weighted by atomic mass is 9.98. The predicted molar refractivity (Wildman–Crippen MR) is 75.2 cm³/mol. The van der Waals surface area contributed by atoms with Crippen molar-refractivity contribution in [3.8, 4) is 11.1 Å². The number of carboxylic acids is 1. The Balaban J connectivity index is 2.70. The topological polar surface area (TPSA) is 80.4 Å². The van der Waals surface area contributed by atoms with E-state index in [2.05, 4.69) is 0 Å². The highest BCUT2D eigenvalue weighted by atomic mass is 35.5. The Morgan fingerprint density at radius 2 is 2.00 bits per heavy atom. The van der Waals surface area contributed by atoms with Gasteiger partial charge in [-0.3, -0.25) is 10.1 Å². The largest absolute Gasteiger partial charge is 0.478 e. The number of rotatable bonds is 3. The molecule has 0 heterocycles. The molecule has 6 heteroatoms. The lowest BCUT2D eigenvalue weighted by Gasteiger charge is -2.08. The average molecular weight is 292 g/mol. The molecule has 102 valence electrons. The molecule has 2 rings (SSSR count). The van der Waals surface area contributed by atoms with Gasteiger partial charge in [0.2, 0.25) is 0 Å². The SMILES string of the molecule is Cc1c(Cl)cccc1-c1cc(C(=O)O)cc([N+](=O)[O-])c1. The summed E-state index contributed by atoms with van der Waals surface area (Å²) in [4.78, 5) is 21.3. The fourth-order valence-corrected chi connectivity index (χ4v) is 2.09. The molecule has 0 bridgehead atoms. The molecule has 0 aliphatic rings. The Morgan fingerprint density at radius 1 is 1.30 bits per heavy atom. The molecule has 5 nitrogen and oxygen atoms in total. The minimum Gasteiger partial charge on any atom is -0.478 e. The minimum absolute atomic E-state index is 0.131. The summed E-state index contributed by atoms with van der Waals surface area (Å²) >= 11 is 6.02. The molecule has 0 aromatic heterocycles. The van der Waals surface area contributed by atoms with Crippen LogP contribution < -0.4 is 0 Å². The predicted octanol–water partition coefficient (Wildman–Crippen LogP) is 3.92. The van der Waals surface area contributed by atoms with Crippen LogP contribution in [-0.2, 0) is 0 Å². The monoisotopic (exact) mass is 291 g/mol. The summed E-state index contributed by atoms with van der Waals surface area (Å²) in [5.41, 5.74) is 1.47. The Bertz CT molecular complexity index is 680. The maximum Gasteiger partial charge on any atom is 0.335 e. The first-order valence-corrected chi connectivity index (χ1v) is 6.06. The van der Waals surface area contributed by atoms with Gasteiger partial charge in [-0.25, -0.2) is 4.79 Å². The zero-order valence-electron chi connectivity index (χ0n) is 10.5. The number of hydrogen-bond donors (Lipinski definition) is 1. The number of halogens is 1. The molecule has 2 aromatic rings. The molecule has 1 N–H and O–H groups in total. The van der Waals surface area contributed by atoms with Crippen molar-refractivity contribution in [3.63, 3.8) is 0 Å². The highest BCUT2D eigenvalue weighted by molar-refractivity contribution is 6.31. The van der Waals surface area contributed by atoms with Crippen LogP contribution >= 0.6 is 11.6 Å². The van der Waals surface area contributed by atoms with Gasteiger partial charge in [-0.2, -0.15) is 0 Å². The van der Waals surface area contributed by atoms with Crippen molar-refractivity contribution >= 4 is 23.3 Å². The Labute approximate surface area is 119 Å². The van der Waals surface area contributed by atoms with Gasteiger partial charge in [0.25, 0.3) is 5.69 Å². The molecule has 2 aromatic carbocycles. The second-order valence-corrected chi connectivity index (χ2v) is 4.65. The molecule has 0 radical (unpaired) electrons. The number of benzene rings is 2. The van der Waals surface area contributed by atoms with Crippen molar-refractivity contribution in [1.82, 2.24) is 0 Å². The molecular weight excluding hydrogens is 282 g/mol. The summed E-state index contributed by atoms with van der Waals surface area (Å²) in [5, 5.41) is 20.5. The highest BCUT2D eigenvalue weighted by Crippen LogP contribution is 2.31. The molecule has 0 spiro atoms. The van der Waals surface area contributed by atoms with Crippen LogP contribution in [0.25, 0.3) is 11.1 Å². The van der Waals surface area contributed by atoms with Crippen molar-refractivity contribution in [2.75, 3.05) is 0 Å². The molecule has 0 saturated heterocycles. The average Bonchev–Trinajstić information content (AvgIpc) is 2.41. The van der Waals surface area contributed by atoms with Crippen LogP contribution in [0.5, 0.6) is 0 Å². The van der Waals surface area contributed by atoms with E-state index in [0.717, 1.165) is 11.6 Å². The van der Waals surface area contributed by atoms with E-state index in [1.54, 1.807) is 25.1 Å². The third-order valence-corrected chi connectivity index (χ3v) is 3.36. The second-order valence-electron chi connectivity index (χ2n) is 4.24. The fraction of sp³-hybridized carbons (Fsp3) is 0.0714. The number of carboxylic acid groups (broad SMARTS) is 1. The van der Waals surface area contributed by atoms with Crippen molar-refractivity contribution < 1.29 is 14.8 Å². The molecule has 0 unspecified atom stereocenters. The Morgan fingerprint density at radius 3 is 2.60 bits per heavy atom. The van der Waals surface area contributed by atoms with Gasteiger partial charge in [0, 0.05) is 17.2 Å². The molecule has 0 aliphatic carbocycles. The van der Waals surface area contributed by atoms with E-state index in [0.29, 0.717) is 16.1 Å². The minimum atomic E-state index is -1.21. The van der Waals surface area contributed by atoms with E-state index in [1.165, 1.54) is 12.1 Å². The smallest absolute Gasteiger partial charge is 0.335 e. The van der Waals surface area contributed by atoms with E-state index < -0.39 is 10.9 Å². The first-order valence-electron chi connectivity index (χ1n) is 5.68. The quantitative estimate of drug-likeness (QED) is 0.686. The van der Waals surface area contributed by atoms with E-state index in [1.807, 2.05) is 0 Å². The third-order valence-electron chi connectivity index (χ3n) is 2.95. The maximum absolute atomic E-state index is 11.1. The second kappa shape index (κ2) is 5.30. The highest BCUT2D eigenvalue weighted by Gasteiger charge is 2.16. The molecule has 20 heavy (non-hydrogen) atoms. The van der Waals surface area contributed by atoms with Crippen LogP contribution in [-0.4, -0.2) is 16.0 Å². The first kappa shape index (κ1) is 14.0. The first-order chi connectivity index (χ1) is 9.40. The molecule has 0 atom stereocenters. The van der Waals surface area contributed by atoms with Crippen molar-refractivity contribution in [2.45, 2.75) is 6.92 Å². The number of nitro benzene ring substituents is 1. The molecule has 0 aliphatic heterocycles. The van der Waals surface area contributed by atoms with Gasteiger partial charge in [-0.05, 0) is 35.7 Å². The van der Waals surface area contributed by atoms with Gasteiger partial charge in [0.1, 0.15) is 0 Å². The molecule has 0 fully saturated rings. The summed E-state index contributed by atoms with van der Waals surface area (Å²) in [7, 11) is 0. The number of non-ortho nitro benzene ring substituents is 1. The summed E-state index contributed by atoms with van der Waals surface area (Å²) in [5.74, 6) is -1.21. The lowest BCUT2D eigenvalue weighted by Crippen LogP contribution is -1.99. The number of carbonyl (C=O) groups is 1. The van der Waals surface area contributed by atoms with E-state index in [4.69, 9.17) is 16.7 Å². The van der Waals surface area contributed by atoms with Crippen LogP contribution in [0.2, 0.25) is 5.02 Å². The lowest BCUT2D eigenvalue weighted by molar-refractivity contribution is -0.384. The maximum atomic E-state index is 11.1. The Kier molecular flexibility index (Phi) is 3.72. The third kappa shape index (κ3) is 2.62. The summed E-state index contributed by atoms with van der Waals surface area (Å²) in [6.45, 7) is 1.77. The van der Waals surface area contributed by atoms with Crippen molar-refractivity contribution in [2.24, 2.45) is 0 Å². The number of nitro groups is 1. The summed E-state index contributed by atoms with van der Waals surface area (Å²) in [6.07, 6.45) is 0. The standard InChI is InChI=1S/C14H10ClNO4/c1-8-12(3-2-4-13(8)15)9-5-10(14(17)18)7-11(6-9)16(19)20/h2-7H,1H3,(H,17,18). The van der Waals surface area contributed by atoms with Crippen molar-refractivity contribution in [3.05, 3.63) is 62.7 Å². The zero-order chi connectivity index (χ0) is 14.9. The zero-order valence-corrected chi connectivity index (χ0v) is 11.2. The molecule has 0 amide bonds. The van der Waals surface area contributed by atoms with Crippen LogP contribution in [0.1, 0.15) is 15.9 Å². The summed E-state index contributed by atoms with van der Waals surface area (Å²) < 4.78 is 0. The van der Waals surface area contributed by atoms with Crippen molar-refractivity contribution in [1.29, 1.82) is 0 Å². The van der Waals surface area contributed by atoms with Gasteiger partial charge in [-0.1, -0.05) is 23.7 Å². The number of aromatic carboxylic acids is 1. The van der Waals surface area contributed by atoms with E-state index in [-0.39, 0.29) is 11.3 Å². The van der Waals surface area contributed by atoms with Gasteiger partial charge in [-0.15, -0.1) is 0 Å². The van der Waals surface area contributed by atoms with Gasteiger partial charge in [0.05, 0.1) is 10.5 Å². The van der Waals surface area contributed by atoms with Gasteiger partial charge in [0.15, 0.2) is 0 Å². The number of nitrogens with zero attached hydrogens (tertiary/aromatic N) is 1. The normalized spacial score (nSPS) is 10.3. The fourth-order valence-electron chi connectivity index (χ4n) is 1.92. The van der Waals surface area contributed by atoms with Crippen LogP contribution in [0.15, 0.2) is 36.4 Å². The van der Waals surface area contributed by atoms with E-state index >= 15 is 0 Å². The van der Waals surface area contributed by atoms with E-state index in [9.17, 15) is 14.9 Å². The van der Waals surface area contributed by atoms with Crippen LogP contribution in [0.3, 0.4) is 0 Å². The summed E-state index contributed by atoms with van der Waals surface area (Å²) in [6, 6.07) is 8.93. The number of hydrogen-bond acceptors (Lipinski definition) is 3. The van der Waals surface area contributed by atoms with Crippen LogP contribution in [0, 0.1) is 17.0 Å². The Hall–Kier alpha value is -2.40. The van der Waals surface area contributed by atoms with Gasteiger partial charge < -0.3 is 5.11 Å². The van der Waals surface area contributed by atoms with Crippen LogP contribution in [0.4, 0.5) is 5.69 Å². The van der Waals surface area contributed by atoms with Gasteiger partial charge >= 0.3 is 5.97 Å². The molecular formula is C14H10ClNO4.